The minimum absolute atomic E-state index is 0.0241. The van der Waals surface area contributed by atoms with Crippen molar-refractivity contribution in [2.45, 2.75) is 20.0 Å². The second-order valence-corrected chi connectivity index (χ2v) is 4.59. The van der Waals surface area contributed by atoms with Gasteiger partial charge in [0.15, 0.2) is 0 Å². The number of aryl methyl sites for hydroxylation is 2. The molecular weight excluding hydrogens is 242 g/mol. The zero-order valence-corrected chi connectivity index (χ0v) is 10.8. The molecule has 19 heavy (non-hydrogen) atoms. The Hall–Kier alpha value is -2.20. The summed E-state index contributed by atoms with van der Waals surface area (Å²) in [4.78, 5) is 10.1. The summed E-state index contributed by atoms with van der Waals surface area (Å²) >= 11 is 0. The van der Waals surface area contributed by atoms with E-state index in [2.05, 4.69) is 0 Å². The van der Waals surface area contributed by atoms with Gasteiger partial charge in [-0.2, -0.15) is 0 Å². The number of nitro groups is 1. The summed E-state index contributed by atoms with van der Waals surface area (Å²) in [5.74, 6) is 0. The summed E-state index contributed by atoms with van der Waals surface area (Å²) < 4.78 is 0. The molecule has 4 nitrogen and oxygen atoms in total. The molecule has 0 saturated carbocycles. The molecule has 0 aliphatic heterocycles. The van der Waals surface area contributed by atoms with Crippen molar-refractivity contribution in [2.24, 2.45) is 0 Å². The second kappa shape index (κ2) is 5.20. The smallest absolute Gasteiger partial charge is 0.269 e. The van der Waals surface area contributed by atoms with Gasteiger partial charge in [0.2, 0.25) is 0 Å². The predicted octanol–water partition coefficient (Wildman–Crippen LogP) is 3.29. The molecule has 1 N–H and O–H groups in total. The average molecular weight is 257 g/mol. The summed E-state index contributed by atoms with van der Waals surface area (Å²) in [7, 11) is 0. The van der Waals surface area contributed by atoms with E-state index in [1.807, 2.05) is 32.0 Å². The lowest BCUT2D eigenvalue weighted by Crippen LogP contribution is -2.00. The van der Waals surface area contributed by atoms with E-state index in [4.69, 9.17) is 0 Å². The number of aliphatic hydroxyl groups excluding tert-OH is 1. The number of nitrogens with zero attached hydrogens (tertiary/aromatic N) is 1. The third kappa shape index (κ3) is 2.80. The van der Waals surface area contributed by atoms with E-state index >= 15 is 0 Å². The van der Waals surface area contributed by atoms with Gasteiger partial charge in [0.25, 0.3) is 5.69 Å². The van der Waals surface area contributed by atoms with Crippen LogP contribution in [-0.4, -0.2) is 10.0 Å². The number of benzene rings is 2. The van der Waals surface area contributed by atoms with Crippen LogP contribution in [0.25, 0.3) is 0 Å². The molecule has 98 valence electrons. The Morgan fingerprint density at radius 3 is 2.11 bits per heavy atom. The van der Waals surface area contributed by atoms with Gasteiger partial charge in [0, 0.05) is 12.1 Å². The summed E-state index contributed by atoms with van der Waals surface area (Å²) in [6.45, 7) is 4.00. The van der Waals surface area contributed by atoms with Gasteiger partial charge >= 0.3 is 0 Å². The summed E-state index contributed by atoms with van der Waals surface area (Å²) in [6.07, 6.45) is -0.764. The molecule has 0 saturated heterocycles. The van der Waals surface area contributed by atoms with Crippen molar-refractivity contribution < 1.29 is 10.0 Å². The first-order chi connectivity index (χ1) is 8.99. The van der Waals surface area contributed by atoms with Crippen molar-refractivity contribution in [3.8, 4) is 0 Å². The SMILES string of the molecule is Cc1ccc([C@H](O)c2ccc([N+](=O)[O-])cc2)cc1C. The maximum atomic E-state index is 10.6. The Morgan fingerprint density at radius 2 is 1.58 bits per heavy atom. The molecule has 0 bridgehead atoms. The molecule has 0 fully saturated rings. The number of hydrogen-bond acceptors (Lipinski definition) is 3. The van der Waals surface area contributed by atoms with Crippen molar-refractivity contribution >= 4 is 5.69 Å². The average Bonchev–Trinajstić information content (AvgIpc) is 2.41. The number of non-ortho nitro benzene ring substituents is 1. The fraction of sp³-hybridized carbons (Fsp3) is 0.200. The van der Waals surface area contributed by atoms with E-state index in [0.29, 0.717) is 5.56 Å². The van der Waals surface area contributed by atoms with Crippen LogP contribution in [0.1, 0.15) is 28.4 Å². The van der Waals surface area contributed by atoms with Crippen LogP contribution in [0.4, 0.5) is 5.69 Å². The van der Waals surface area contributed by atoms with E-state index in [1.54, 1.807) is 12.1 Å². The van der Waals surface area contributed by atoms with E-state index in [9.17, 15) is 15.2 Å². The minimum Gasteiger partial charge on any atom is -0.384 e. The molecule has 0 aliphatic rings. The van der Waals surface area contributed by atoms with Gasteiger partial charge in [-0.15, -0.1) is 0 Å². The standard InChI is InChI=1S/C15H15NO3/c1-10-3-4-13(9-11(10)2)15(17)12-5-7-14(8-6-12)16(18)19/h3-9,15,17H,1-2H3/t15-/m1/s1. The molecule has 0 radical (unpaired) electrons. The van der Waals surface area contributed by atoms with Crippen LogP contribution in [0.15, 0.2) is 42.5 Å². The molecule has 0 spiro atoms. The van der Waals surface area contributed by atoms with Gasteiger partial charge < -0.3 is 5.11 Å². The summed E-state index contributed by atoms with van der Waals surface area (Å²) in [5, 5.41) is 20.8. The van der Waals surface area contributed by atoms with Crippen molar-refractivity contribution in [3.05, 3.63) is 74.8 Å². The highest BCUT2D eigenvalue weighted by molar-refractivity contribution is 5.39. The van der Waals surface area contributed by atoms with Crippen LogP contribution in [0.5, 0.6) is 0 Å². The highest BCUT2D eigenvalue weighted by atomic mass is 16.6. The van der Waals surface area contributed by atoms with E-state index in [0.717, 1.165) is 11.1 Å². The number of rotatable bonds is 3. The zero-order chi connectivity index (χ0) is 14.0. The van der Waals surface area contributed by atoms with Crippen LogP contribution in [0.2, 0.25) is 0 Å². The number of nitro benzene ring substituents is 1. The molecule has 4 heteroatoms. The third-order valence-electron chi connectivity index (χ3n) is 3.27. The molecule has 0 unspecified atom stereocenters. The Morgan fingerprint density at radius 1 is 1.00 bits per heavy atom. The molecule has 2 aromatic carbocycles. The highest BCUT2D eigenvalue weighted by Crippen LogP contribution is 2.25. The molecule has 2 rings (SSSR count). The second-order valence-electron chi connectivity index (χ2n) is 4.59. The van der Waals surface area contributed by atoms with Gasteiger partial charge in [-0.1, -0.05) is 18.2 Å². The normalized spacial score (nSPS) is 12.2. The van der Waals surface area contributed by atoms with Crippen LogP contribution in [-0.2, 0) is 0 Å². The van der Waals surface area contributed by atoms with Gasteiger partial charge in [0.1, 0.15) is 6.10 Å². The number of hydrogen-bond donors (Lipinski definition) is 1. The van der Waals surface area contributed by atoms with Gasteiger partial charge in [-0.3, -0.25) is 10.1 Å². The summed E-state index contributed by atoms with van der Waals surface area (Å²) in [6, 6.07) is 11.7. The van der Waals surface area contributed by atoms with Crippen molar-refractivity contribution in [1.29, 1.82) is 0 Å². The topological polar surface area (TPSA) is 63.4 Å². The Bertz CT molecular complexity index is 605. The molecule has 2 aromatic rings. The molecule has 1 atom stereocenters. The zero-order valence-electron chi connectivity index (χ0n) is 10.8. The fourth-order valence-corrected chi connectivity index (χ4v) is 1.91. The maximum absolute atomic E-state index is 10.6. The Balaban J connectivity index is 2.30. The quantitative estimate of drug-likeness (QED) is 0.677. The summed E-state index contributed by atoms with van der Waals surface area (Å²) in [5.41, 5.74) is 3.74. The van der Waals surface area contributed by atoms with Crippen LogP contribution in [0.3, 0.4) is 0 Å². The van der Waals surface area contributed by atoms with Gasteiger partial charge in [-0.05, 0) is 48.2 Å². The Kier molecular flexibility index (Phi) is 3.62. The minimum atomic E-state index is -0.764. The number of aliphatic hydroxyl groups is 1. The molecule has 0 heterocycles. The predicted molar refractivity (Wildman–Crippen MR) is 73.1 cm³/mol. The van der Waals surface area contributed by atoms with Gasteiger partial charge in [-0.25, -0.2) is 0 Å². The molecular formula is C15H15NO3. The molecule has 0 aliphatic carbocycles. The largest absolute Gasteiger partial charge is 0.384 e. The van der Waals surface area contributed by atoms with E-state index in [1.165, 1.54) is 17.7 Å². The monoisotopic (exact) mass is 257 g/mol. The van der Waals surface area contributed by atoms with E-state index in [-0.39, 0.29) is 5.69 Å². The first-order valence-electron chi connectivity index (χ1n) is 5.98. The van der Waals surface area contributed by atoms with Crippen molar-refractivity contribution in [3.63, 3.8) is 0 Å². The first kappa shape index (κ1) is 13.2. The highest BCUT2D eigenvalue weighted by Gasteiger charge is 2.13. The van der Waals surface area contributed by atoms with Crippen LogP contribution < -0.4 is 0 Å². The third-order valence-corrected chi connectivity index (χ3v) is 3.27. The van der Waals surface area contributed by atoms with Crippen molar-refractivity contribution in [2.75, 3.05) is 0 Å². The van der Waals surface area contributed by atoms with Crippen LogP contribution >= 0.6 is 0 Å². The molecule has 0 amide bonds. The van der Waals surface area contributed by atoms with Crippen molar-refractivity contribution in [1.82, 2.24) is 0 Å². The molecule has 0 aromatic heterocycles. The van der Waals surface area contributed by atoms with E-state index < -0.39 is 11.0 Å². The first-order valence-corrected chi connectivity index (χ1v) is 5.98. The maximum Gasteiger partial charge on any atom is 0.269 e. The lowest BCUT2D eigenvalue weighted by atomic mass is 9.98. The lowest BCUT2D eigenvalue weighted by Gasteiger charge is -2.13. The fourth-order valence-electron chi connectivity index (χ4n) is 1.91. The lowest BCUT2D eigenvalue weighted by molar-refractivity contribution is -0.384. The Labute approximate surface area is 111 Å². The van der Waals surface area contributed by atoms with Crippen LogP contribution in [0, 0.1) is 24.0 Å². The van der Waals surface area contributed by atoms with Gasteiger partial charge in [0.05, 0.1) is 4.92 Å².